The zero-order valence-corrected chi connectivity index (χ0v) is 20.0. The molecule has 6 rings (SSSR count). The summed E-state index contributed by atoms with van der Waals surface area (Å²) in [7, 11) is 0. The van der Waals surface area contributed by atoms with Crippen LogP contribution in [0.1, 0.15) is 16.7 Å². The van der Waals surface area contributed by atoms with Crippen LogP contribution in [0.3, 0.4) is 0 Å². The maximum atomic E-state index is 13.3. The molecule has 3 aromatic carbocycles. The smallest absolute Gasteiger partial charge is 0.318 e. The minimum absolute atomic E-state index is 0.106. The highest BCUT2D eigenvalue weighted by Crippen LogP contribution is 2.34. The van der Waals surface area contributed by atoms with Gasteiger partial charge in [-0.3, -0.25) is 4.79 Å². The van der Waals surface area contributed by atoms with Crippen LogP contribution in [0.4, 0.5) is 4.79 Å². The van der Waals surface area contributed by atoms with E-state index in [0.29, 0.717) is 53.8 Å². The van der Waals surface area contributed by atoms with Gasteiger partial charge in [-0.05, 0) is 35.4 Å². The van der Waals surface area contributed by atoms with Crippen molar-refractivity contribution >= 4 is 16.9 Å². The lowest BCUT2D eigenvalue weighted by Gasteiger charge is -2.24. The van der Waals surface area contributed by atoms with Crippen LogP contribution in [0.25, 0.3) is 10.9 Å². The first-order valence-corrected chi connectivity index (χ1v) is 12.0. The predicted molar refractivity (Wildman–Crippen MR) is 136 cm³/mol. The predicted octanol–water partition coefficient (Wildman–Crippen LogP) is 3.94. The minimum atomic E-state index is -0.289. The van der Waals surface area contributed by atoms with Gasteiger partial charge in [0.15, 0.2) is 23.0 Å². The third kappa shape index (κ3) is 4.88. The standard InChI is InChI=1S/C28H25N3O6/c32-27-21(11-20-12-25-26(13-22(20)30-27)35-9-8-34-25)16-31(28(33)29-14-18-4-2-1-3-5-18)15-19-6-7-23-24(10-19)37-17-36-23/h1-7,10-13H,8-9,14-17H2,(H,29,33)(H,30,32). The van der Waals surface area contributed by atoms with Crippen molar-refractivity contribution in [2.45, 2.75) is 19.6 Å². The van der Waals surface area contributed by atoms with E-state index in [1.807, 2.05) is 54.6 Å². The van der Waals surface area contributed by atoms with Gasteiger partial charge >= 0.3 is 6.03 Å². The quantitative estimate of drug-likeness (QED) is 0.417. The van der Waals surface area contributed by atoms with E-state index in [-0.39, 0.29) is 31.5 Å². The Hall–Kier alpha value is -4.66. The average molecular weight is 500 g/mol. The first-order valence-electron chi connectivity index (χ1n) is 12.0. The maximum Gasteiger partial charge on any atom is 0.318 e. The molecule has 0 fully saturated rings. The molecule has 0 aliphatic carbocycles. The van der Waals surface area contributed by atoms with Crippen LogP contribution in [-0.4, -0.2) is 35.9 Å². The van der Waals surface area contributed by atoms with Crippen LogP contribution in [0, 0.1) is 0 Å². The van der Waals surface area contributed by atoms with Crippen molar-refractivity contribution in [3.63, 3.8) is 0 Å². The molecule has 188 valence electrons. The third-order valence-corrected chi connectivity index (χ3v) is 6.33. The van der Waals surface area contributed by atoms with Gasteiger partial charge in [-0.15, -0.1) is 0 Å². The number of benzene rings is 3. The number of urea groups is 1. The van der Waals surface area contributed by atoms with Gasteiger partial charge < -0.3 is 34.1 Å². The molecule has 2 aliphatic rings. The van der Waals surface area contributed by atoms with Crippen molar-refractivity contribution in [1.29, 1.82) is 0 Å². The highest BCUT2D eigenvalue weighted by molar-refractivity contribution is 5.83. The number of ether oxygens (including phenoxy) is 4. The molecule has 0 atom stereocenters. The molecule has 9 heteroatoms. The fourth-order valence-corrected chi connectivity index (χ4v) is 4.46. The topological polar surface area (TPSA) is 102 Å². The van der Waals surface area contributed by atoms with Crippen molar-refractivity contribution in [3.05, 3.63) is 93.8 Å². The normalized spacial score (nSPS) is 13.4. The maximum absolute atomic E-state index is 13.3. The molecule has 2 aliphatic heterocycles. The Morgan fingerprint density at radius 1 is 0.811 bits per heavy atom. The SMILES string of the molecule is O=C(NCc1ccccc1)N(Cc1ccc2c(c1)OCO2)Cc1cc2cc3c(cc2[nH]c1=O)OCCO3. The number of fused-ring (bicyclic) bond motifs is 3. The molecule has 0 spiro atoms. The number of rotatable bonds is 6. The highest BCUT2D eigenvalue weighted by Gasteiger charge is 2.20. The number of amides is 2. The van der Waals surface area contributed by atoms with Gasteiger partial charge in [-0.1, -0.05) is 36.4 Å². The van der Waals surface area contributed by atoms with E-state index >= 15 is 0 Å². The Balaban J connectivity index is 1.29. The van der Waals surface area contributed by atoms with E-state index in [0.717, 1.165) is 16.5 Å². The molecule has 1 aromatic heterocycles. The number of carbonyl (C=O) groups is 1. The van der Waals surface area contributed by atoms with Gasteiger partial charge in [0.2, 0.25) is 6.79 Å². The zero-order valence-electron chi connectivity index (χ0n) is 20.0. The molecule has 2 N–H and O–H groups in total. The fraction of sp³-hybridized carbons (Fsp3) is 0.214. The van der Waals surface area contributed by atoms with Gasteiger partial charge in [0.25, 0.3) is 5.56 Å². The third-order valence-electron chi connectivity index (χ3n) is 6.33. The van der Waals surface area contributed by atoms with Crippen molar-refractivity contribution in [3.8, 4) is 23.0 Å². The Bertz CT molecular complexity index is 1520. The summed E-state index contributed by atoms with van der Waals surface area (Å²) in [5.41, 5.74) is 2.68. The summed E-state index contributed by atoms with van der Waals surface area (Å²) in [4.78, 5) is 30.9. The van der Waals surface area contributed by atoms with E-state index in [1.165, 1.54) is 0 Å². The van der Waals surface area contributed by atoms with Crippen LogP contribution in [0.15, 0.2) is 71.5 Å². The second kappa shape index (κ2) is 9.77. The molecule has 0 saturated heterocycles. The average Bonchev–Trinajstić information content (AvgIpc) is 3.39. The van der Waals surface area contributed by atoms with Crippen LogP contribution in [0.2, 0.25) is 0 Å². The number of nitrogens with zero attached hydrogens (tertiary/aromatic N) is 1. The van der Waals surface area contributed by atoms with Gasteiger partial charge in [0.1, 0.15) is 13.2 Å². The number of hydrogen-bond acceptors (Lipinski definition) is 6. The Labute approximate surface area is 212 Å². The fourth-order valence-electron chi connectivity index (χ4n) is 4.46. The minimum Gasteiger partial charge on any atom is -0.486 e. The van der Waals surface area contributed by atoms with Crippen LogP contribution in [0.5, 0.6) is 23.0 Å². The van der Waals surface area contributed by atoms with Gasteiger partial charge in [0.05, 0.1) is 12.1 Å². The van der Waals surface area contributed by atoms with E-state index < -0.39 is 0 Å². The number of hydrogen-bond donors (Lipinski definition) is 2. The molecular formula is C28H25N3O6. The summed E-state index contributed by atoms with van der Waals surface area (Å²) in [6.07, 6.45) is 0. The number of carbonyl (C=O) groups excluding carboxylic acids is 1. The molecular weight excluding hydrogens is 474 g/mol. The molecule has 37 heavy (non-hydrogen) atoms. The van der Waals surface area contributed by atoms with Crippen molar-refractivity contribution < 1.29 is 23.7 Å². The molecule has 0 bridgehead atoms. The number of nitrogens with one attached hydrogen (secondary N) is 2. The molecule has 0 saturated carbocycles. The van der Waals surface area contributed by atoms with E-state index in [2.05, 4.69) is 10.3 Å². The van der Waals surface area contributed by atoms with Crippen LogP contribution in [-0.2, 0) is 19.6 Å². The summed E-state index contributed by atoms with van der Waals surface area (Å²) in [5.74, 6) is 2.54. The highest BCUT2D eigenvalue weighted by atomic mass is 16.7. The summed E-state index contributed by atoms with van der Waals surface area (Å²) < 4.78 is 22.2. The summed E-state index contributed by atoms with van der Waals surface area (Å²) in [6, 6.07) is 20.4. The van der Waals surface area contributed by atoms with E-state index in [1.54, 1.807) is 17.0 Å². The zero-order chi connectivity index (χ0) is 25.2. The lowest BCUT2D eigenvalue weighted by molar-refractivity contribution is 0.172. The molecule has 9 nitrogen and oxygen atoms in total. The van der Waals surface area contributed by atoms with Crippen LogP contribution >= 0.6 is 0 Å². The van der Waals surface area contributed by atoms with Gasteiger partial charge in [-0.2, -0.15) is 0 Å². The summed E-state index contributed by atoms with van der Waals surface area (Å²) in [5, 5.41) is 3.77. The lowest BCUT2D eigenvalue weighted by Crippen LogP contribution is -2.39. The van der Waals surface area contributed by atoms with Crippen molar-refractivity contribution in [2.75, 3.05) is 20.0 Å². The number of H-pyrrole nitrogens is 1. The number of pyridine rings is 1. The first kappa shape index (κ1) is 22.8. The Kier molecular flexibility index (Phi) is 6.02. The second-order valence-corrected chi connectivity index (χ2v) is 8.89. The molecule has 4 aromatic rings. The monoisotopic (exact) mass is 499 g/mol. The molecule has 3 heterocycles. The summed E-state index contributed by atoms with van der Waals surface area (Å²) >= 11 is 0. The Morgan fingerprint density at radius 3 is 2.41 bits per heavy atom. The molecule has 0 unspecified atom stereocenters. The van der Waals surface area contributed by atoms with Gasteiger partial charge in [-0.25, -0.2) is 4.79 Å². The van der Waals surface area contributed by atoms with E-state index in [4.69, 9.17) is 18.9 Å². The van der Waals surface area contributed by atoms with Crippen molar-refractivity contribution in [2.24, 2.45) is 0 Å². The lowest BCUT2D eigenvalue weighted by atomic mass is 10.1. The molecule has 2 amide bonds. The largest absolute Gasteiger partial charge is 0.486 e. The molecule has 0 radical (unpaired) electrons. The number of aromatic nitrogens is 1. The second-order valence-electron chi connectivity index (χ2n) is 8.89. The summed E-state index contributed by atoms with van der Waals surface area (Å²) in [6.45, 7) is 1.86. The number of aromatic amines is 1. The Morgan fingerprint density at radius 2 is 1.57 bits per heavy atom. The first-order chi connectivity index (χ1) is 18.1. The van der Waals surface area contributed by atoms with Crippen molar-refractivity contribution in [1.82, 2.24) is 15.2 Å². The van der Waals surface area contributed by atoms with E-state index in [9.17, 15) is 9.59 Å². The van der Waals surface area contributed by atoms with Gasteiger partial charge in [0, 0.05) is 30.1 Å². The van der Waals surface area contributed by atoms with Crippen LogP contribution < -0.4 is 29.8 Å².